The maximum absolute atomic E-state index is 9.01. The van der Waals surface area contributed by atoms with E-state index in [9.17, 15) is 0 Å². The van der Waals surface area contributed by atoms with Crippen LogP contribution < -0.4 is 16.1 Å². The van der Waals surface area contributed by atoms with Gasteiger partial charge in [0.2, 0.25) is 11.9 Å². The second-order valence-electron chi connectivity index (χ2n) is 5.39. The first kappa shape index (κ1) is 18.4. The summed E-state index contributed by atoms with van der Waals surface area (Å²) in [6.07, 6.45) is 9.49. The fraction of sp³-hybridized carbons (Fsp3) is 0.800. The number of anilines is 3. The molecule has 1 aromatic heterocycles. The van der Waals surface area contributed by atoms with Gasteiger partial charge in [-0.05, 0) is 12.8 Å². The molecule has 0 aromatic carbocycles. The van der Waals surface area contributed by atoms with Gasteiger partial charge in [-0.2, -0.15) is 15.0 Å². The Kier molecular flexibility index (Phi) is 10.0. The third-order valence-corrected chi connectivity index (χ3v) is 3.36. The minimum Gasteiger partial charge on any atom is -0.354 e. The standard InChI is InChI=1S/C15H30N6O/c1-3-5-7-9-11-16-13-18-14(20-15(19-13)21-22)17-12-10-8-6-4-2/h22H,3-12H2,1-2H3,(H3,16,17,18,19,20,21). The van der Waals surface area contributed by atoms with Gasteiger partial charge in [0.1, 0.15) is 0 Å². The molecule has 0 amide bonds. The minimum atomic E-state index is 0.155. The zero-order chi connectivity index (χ0) is 16.0. The number of unbranched alkanes of at least 4 members (excludes halogenated alkanes) is 6. The second-order valence-corrected chi connectivity index (χ2v) is 5.39. The number of nitrogens with one attached hydrogen (secondary N) is 3. The molecule has 126 valence electrons. The second kappa shape index (κ2) is 12.0. The predicted molar refractivity (Wildman–Crippen MR) is 90.5 cm³/mol. The van der Waals surface area contributed by atoms with E-state index in [1.54, 1.807) is 0 Å². The summed E-state index contributed by atoms with van der Waals surface area (Å²) in [6, 6.07) is 0. The van der Waals surface area contributed by atoms with Crippen LogP contribution in [0.5, 0.6) is 0 Å². The molecule has 1 aromatic rings. The topological polar surface area (TPSA) is 95.0 Å². The molecule has 0 aliphatic rings. The highest BCUT2D eigenvalue weighted by Gasteiger charge is 2.05. The lowest BCUT2D eigenvalue weighted by atomic mass is 10.2. The van der Waals surface area contributed by atoms with E-state index in [2.05, 4.69) is 39.4 Å². The van der Waals surface area contributed by atoms with Gasteiger partial charge in [0.15, 0.2) is 0 Å². The molecule has 0 aliphatic carbocycles. The van der Waals surface area contributed by atoms with E-state index in [-0.39, 0.29) is 5.95 Å². The number of rotatable bonds is 13. The van der Waals surface area contributed by atoms with Crippen molar-refractivity contribution in [3.8, 4) is 0 Å². The normalized spacial score (nSPS) is 10.5. The molecule has 0 atom stereocenters. The van der Waals surface area contributed by atoms with Crippen molar-refractivity contribution in [3.05, 3.63) is 0 Å². The first-order chi connectivity index (χ1) is 10.8. The smallest absolute Gasteiger partial charge is 0.253 e. The van der Waals surface area contributed by atoms with Gasteiger partial charge in [0.05, 0.1) is 0 Å². The Bertz CT molecular complexity index is 369. The van der Waals surface area contributed by atoms with Crippen molar-refractivity contribution in [3.63, 3.8) is 0 Å². The number of aromatic nitrogens is 3. The van der Waals surface area contributed by atoms with E-state index in [4.69, 9.17) is 5.21 Å². The highest BCUT2D eigenvalue weighted by atomic mass is 16.5. The Balaban J connectivity index is 2.42. The van der Waals surface area contributed by atoms with Gasteiger partial charge in [-0.3, -0.25) is 5.21 Å². The van der Waals surface area contributed by atoms with Crippen LogP contribution in [0, 0.1) is 0 Å². The van der Waals surface area contributed by atoms with Crippen molar-refractivity contribution in [2.45, 2.75) is 65.2 Å². The van der Waals surface area contributed by atoms with Crippen molar-refractivity contribution >= 4 is 17.8 Å². The SMILES string of the molecule is CCCCCCNc1nc(NO)nc(NCCCCCC)n1. The molecule has 0 radical (unpaired) electrons. The van der Waals surface area contributed by atoms with Gasteiger partial charge < -0.3 is 10.6 Å². The Morgan fingerprint density at radius 1 is 0.682 bits per heavy atom. The van der Waals surface area contributed by atoms with Gasteiger partial charge in [-0.1, -0.05) is 52.4 Å². The highest BCUT2D eigenvalue weighted by Crippen LogP contribution is 2.10. The largest absolute Gasteiger partial charge is 0.354 e. The van der Waals surface area contributed by atoms with Crippen LogP contribution in [0.4, 0.5) is 17.8 Å². The molecule has 0 spiro atoms. The van der Waals surface area contributed by atoms with Crippen molar-refractivity contribution in [2.24, 2.45) is 0 Å². The molecule has 0 saturated heterocycles. The van der Waals surface area contributed by atoms with Gasteiger partial charge >= 0.3 is 0 Å². The average Bonchev–Trinajstić information content (AvgIpc) is 2.54. The van der Waals surface area contributed by atoms with Gasteiger partial charge in [-0.15, -0.1) is 0 Å². The van der Waals surface area contributed by atoms with Crippen LogP contribution in [-0.2, 0) is 0 Å². The third kappa shape index (κ3) is 7.97. The average molecular weight is 310 g/mol. The van der Waals surface area contributed by atoms with E-state index in [0.29, 0.717) is 11.9 Å². The molecule has 0 aliphatic heterocycles. The van der Waals surface area contributed by atoms with Gasteiger partial charge in [0, 0.05) is 13.1 Å². The maximum atomic E-state index is 9.01. The Morgan fingerprint density at radius 3 is 1.55 bits per heavy atom. The zero-order valence-electron chi connectivity index (χ0n) is 13.9. The Morgan fingerprint density at radius 2 is 1.14 bits per heavy atom. The van der Waals surface area contributed by atoms with E-state index in [1.807, 2.05) is 5.48 Å². The predicted octanol–water partition coefficient (Wildman–Crippen LogP) is 3.66. The number of hydrogen-bond donors (Lipinski definition) is 4. The molecule has 0 unspecified atom stereocenters. The molecule has 22 heavy (non-hydrogen) atoms. The van der Waals surface area contributed by atoms with E-state index < -0.39 is 0 Å². The quantitative estimate of drug-likeness (QED) is 0.326. The first-order valence-corrected chi connectivity index (χ1v) is 8.44. The van der Waals surface area contributed by atoms with Crippen LogP contribution in [0.25, 0.3) is 0 Å². The molecular formula is C15H30N6O. The molecule has 1 heterocycles. The van der Waals surface area contributed by atoms with Crippen molar-refractivity contribution in [2.75, 3.05) is 29.2 Å². The molecule has 0 bridgehead atoms. The number of hydrogen-bond acceptors (Lipinski definition) is 7. The summed E-state index contributed by atoms with van der Waals surface area (Å²) in [6.45, 7) is 6.03. The lowest BCUT2D eigenvalue weighted by molar-refractivity contribution is 0.382. The maximum Gasteiger partial charge on any atom is 0.253 e. The minimum absolute atomic E-state index is 0.155. The van der Waals surface area contributed by atoms with Gasteiger partial charge in [0.25, 0.3) is 5.95 Å². The molecule has 7 heteroatoms. The van der Waals surface area contributed by atoms with E-state index >= 15 is 0 Å². The summed E-state index contributed by atoms with van der Waals surface area (Å²) < 4.78 is 0. The molecular weight excluding hydrogens is 280 g/mol. The summed E-state index contributed by atoms with van der Waals surface area (Å²) in [5.74, 6) is 1.13. The molecule has 0 saturated carbocycles. The van der Waals surface area contributed by atoms with Crippen LogP contribution in [0.3, 0.4) is 0 Å². The Labute approximate surface area is 133 Å². The van der Waals surface area contributed by atoms with Crippen LogP contribution in [0.2, 0.25) is 0 Å². The van der Waals surface area contributed by atoms with Crippen molar-refractivity contribution in [1.82, 2.24) is 15.0 Å². The highest BCUT2D eigenvalue weighted by molar-refractivity contribution is 5.40. The molecule has 1 rings (SSSR count). The monoisotopic (exact) mass is 310 g/mol. The van der Waals surface area contributed by atoms with Crippen LogP contribution in [0.15, 0.2) is 0 Å². The van der Waals surface area contributed by atoms with Crippen molar-refractivity contribution < 1.29 is 5.21 Å². The van der Waals surface area contributed by atoms with Crippen molar-refractivity contribution in [1.29, 1.82) is 0 Å². The van der Waals surface area contributed by atoms with Crippen LogP contribution in [0.1, 0.15) is 65.2 Å². The fourth-order valence-electron chi connectivity index (χ4n) is 2.09. The molecule has 7 nitrogen and oxygen atoms in total. The lowest BCUT2D eigenvalue weighted by Crippen LogP contribution is -2.12. The lowest BCUT2D eigenvalue weighted by Gasteiger charge is -2.09. The summed E-state index contributed by atoms with van der Waals surface area (Å²) in [5.41, 5.74) is 1.99. The van der Waals surface area contributed by atoms with Gasteiger partial charge in [-0.25, -0.2) is 5.48 Å². The van der Waals surface area contributed by atoms with Crippen LogP contribution in [-0.4, -0.2) is 33.2 Å². The summed E-state index contributed by atoms with van der Waals surface area (Å²) in [7, 11) is 0. The molecule has 4 N–H and O–H groups in total. The zero-order valence-corrected chi connectivity index (χ0v) is 13.9. The third-order valence-electron chi connectivity index (χ3n) is 3.36. The first-order valence-electron chi connectivity index (χ1n) is 8.44. The van der Waals surface area contributed by atoms with Crippen LogP contribution >= 0.6 is 0 Å². The molecule has 0 fully saturated rings. The summed E-state index contributed by atoms with van der Waals surface area (Å²) in [4.78, 5) is 12.5. The number of nitrogens with zero attached hydrogens (tertiary/aromatic N) is 3. The van der Waals surface area contributed by atoms with E-state index in [0.717, 1.165) is 25.9 Å². The van der Waals surface area contributed by atoms with E-state index in [1.165, 1.54) is 38.5 Å². The summed E-state index contributed by atoms with van der Waals surface area (Å²) in [5, 5.41) is 15.4. The fourth-order valence-corrected chi connectivity index (χ4v) is 2.09. The Hall–Kier alpha value is -1.63. The summed E-state index contributed by atoms with van der Waals surface area (Å²) >= 11 is 0.